The van der Waals surface area contributed by atoms with Gasteiger partial charge < -0.3 is 13.3 Å². The zero-order valence-corrected chi connectivity index (χ0v) is 16.2. The molecule has 2 atom stereocenters. The summed E-state index contributed by atoms with van der Waals surface area (Å²) in [7, 11) is -3.63. The molecule has 0 amide bonds. The molecule has 5 heteroatoms. The second-order valence-electron chi connectivity index (χ2n) is 5.96. The summed E-state index contributed by atoms with van der Waals surface area (Å²) in [5.41, 5.74) is 1.12. The van der Waals surface area contributed by atoms with Crippen LogP contribution < -0.4 is 0 Å². The van der Waals surface area contributed by atoms with Gasteiger partial charge in [0.1, 0.15) is 0 Å². The van der Waals surface area contributed by atoms with Crippen LogP contribution in [0.15, 0.2) is 0 Å². The van der Waals surface area contributed by atoms with Gasteiger partial charge in [0.05, 0.1) is 0 Å². The highest BCUT2D eigenvalue weighted by atomic mass is 28.4. The topological polar surface area (TPSA) is 27.7 Å². The normalized spacial score (nSPS) is 16.4. The van der Waals surface area contributed by atoms with Gasteiger partial charge in [-0.3, -0.25) is 0 Å². The van der Waals surface area contributed by atoms with Crippen LogP contribution in [0, 0.1) is 0 Å². The van der Waals surface area contributed by atoms with Crippen LogP contribution in [0.3, 0.4) is 0 Å². The predicted octanol–water partition coefficient (Wildman–Crippen LogP) is 4.54. The van der Waals surface area contributed by atoms with Crippen molar-refractivity contribution in [3.05, 3.63) is 0 Å². The molecule has 0 bridgehead atoms. The summed E-state index contributed by atoms with van der Waals surface area (Å²) >= 11 is 0. The van der Waals surface area contributed by atoms with Crippen LogP contribution >= 0.6 is 0 Å². The lowest BCUT2D eigenvalue weighted by atomic mass is 10.2. The van der Waals surface area contributed by atoms with Crippen LogP contribution in [0.4, 0.5) is 0 Å². The van der Waals surface area contributed by atoms with Crippen LogP contribution in [0.1, 0.15) is 41.0 Å². The second-order valence-corrected chi connectivity index (χ2v) is 14.0. The molecule has 2 unspecified atom stereocenters. The maximum atomic E-state index is 6.00. The Balaban J connectivity index is 4.67. The van der Waals surface area contributed by atoms with Gasteiger partial charge in [0.15, 0.2) is 8.32 Å². The zero-order valence-electron chi connectivity index (χ0n) is 14.2. The Morgan fingerprint density at radius 3 is 1.53 bits per heavy atom. The van der Waals surface area contributed by atoms with Crippen LogP contribution in [0.5, 0.6) is 0 Å². The van der Waals surface area contributed by atoms with E-state index < -0.39 is 16.9 Å². The molecule has 0 rings (SSSR count). The van der Waals surface area contributed by atoms with Crippen molar-refractivity contribution in [1.29, 1.82) is 0 Å². The molecule has 0 spiro atoms. The Kier molecular flexibility index (Phi) is 8.71. The Hall–Kier alpha value is 0.314. The zero-order chi connectivity index (χ0) is 15.1. The maximum absolute atomic E-state index is 6.00. The van der Waals surface area contributed by atoms with E-state index >= 15 is 0 Å². The number of hydrogen-bond donors (Lipinski definition) is 0. The lowest BCUT2D eigenvalue weighted by molar-refractivity contribution is 0.178. The molecule has 0 aromatic heterocycles. The van der Waals surface area contributed by atoms with Crippen LogP contribution in [-0.2, 0) is 13.3 Å². The van der Waals surface area contributed by atoms with Crippen molar-refractivity contribution in [3.8, 4) is 0 Å². The van der Waals surface area contributed by atoms with E-state index in [1.165, 1.54) is 0 Å². The number of hydrogen-bond acceptors (Lipinski definition) is 3. The minimum atomic E-state index is -2.05. The van der Waals surface area contributed by atoms with Gasteiger partial charge in [-0.05, 0) is 57.9 Å². The van der Waals surface area contributed by atoms with E-state index in [-0.39, 0.29) is 0 Å². The summed E-state index contributed by atoms with van der Waals surface area (Å²) in [6.45, 7) is 19.9. The average molecular weight is 307 g/mol. The second kappa shape index (κ2) is 8.57. The molecule has 0 N–H and O–H groups in total. The van der Waals surface area contributed by atoms with Gasteiger partial charge >= 0.3 is 8.56 Å². The van der Waals surface area contributed by atoms with Crippen LogP contribution in [0.2, 0.25) is 30.7 Å². The lowest BCUT2D eigenvalue weighted by Crippen LogP contribution is -2.45. The molecule has 0 fully saturated rings. The Morgan fingerprint density at radius 1 is 0.737 bits per heavy atom. The van der Waals surface area contributed by atoms with Crippen molar-refractivity contribution in [1.82, 2.24) is 0 Å². The number of rotatable bonds is 10. The first kappa shape index (κ1) is 19.3. The van der Waals surface area contributed by atoms with Crippen molar-refractivity contribution >= 4 is 16.9 Å². The van der Waals surface area contributed by atoms with Gasteiger partial charge in [0.25, 0.3) is 0 Å². The van der Waals surface area contributed by atoms with Gasteiger partial charge in [0.2, 0.25) is 0 Å². The summed E-state index contributed by atoms with van der Waals surface area (Å²) in [6, 6.07) is 0. The standard InChI is InChI=1S/C14H34O3Si2/c1-9-15-18(6,7)13(4)12-14(5)19(8,16-10-2)17-11-3/h13-14H,9-12H2,1-8H3. The first-order chi connectivity index (χ1) is 8.73. The minimum Gasteiger partial charge on any atom is -0.417 e. The van der Waals surface area contributed by atoms with Gasteiger partial charge in [-0.2, -0.15) is 0 Å². The van der Waals surface area contributed by atoms with E-state index in [1.54, 1.807) is 0 Å². The smallest absolute Gasteiger partial charge is 0.337 e. The first-order valence-corrected chi connectivity index (χ1v) is 13.0. The Labute approximate surface area is 122 Å². The molecule has 0 aliphatic carbocycles. The molecule has 0 aromatic rings. The third kappa shape index (κ3) is 6.08. The van der Waals surface area contributed by atoms with E-state index in [2.05, 4.69) is 54.3 Å². The highest BCUT2D eigenvalue weighted by molar-refractivity contribution is 6.73. The molecular weight excluding hydrogens is 272 g/mol. The highest BCUT2D eigenvalue weighted by Gasteiger charge is 2.41. The van der Waals surface area contributed by atoms with Crippen LogP contribution in [-0.4, -0.2) is 36.7 Å². The van der Waals surface area contributed by atoms with Crippen molar-refractivity contribution in [2.45, 2.75) is 71.8 Å². The maximum Gasteiger partial charge on any atom is 0.337 e. The van der Waals surface area contributed by atoms with E-state index in [0.29, 0.717) is 11.1 Å². The third-order valence-electron chi connectivity index (χ3n) is 4.17. The fourth-order valence-electron chi connectivity index (χ4n) is 2.44. The van der Waals surface area contributed by atoms with Crippen molar-refractivity contribution in [2.24, 2.45) is 0 Å². The van der Waals surface area contributed by atoms with Crippen molar-refractivity contribution in [2.75, 3.05) is 19.8 Å². The van der Waals surface area contributed by atoms with Crippen molar-refractivity contribution in [3.63, 3.8) is 0 Å². The Morgan fingerprint density at radius 2 is 1.16 bits per heavy atom. The summed E-state index contributed by atoms with van der Waals surface area (Å²) < 4.78 is 18.0. The fraction of sp³-hybridized carbons (Fsp3) is 1.00. The first-order valence-electron chi connectivity index (χ1n) is 7.65. The molecule has 19 heavy (non-hydrogen) atoms. The summed E-state index contributed by atoms with van der Waals surface area (Å²) in [5, 5.41) is 0. The quantitative estimate of drug-likeness (QED) is 0.554. The predicted molar refractivity (Wildman–Crippen MR) is 87.4 cm³/mol. The lowest BCUT2D eigenvalue weighted by Gasteiger charge is -2.36. The minimum absolute atomic E-state index is 0.495. The van der Waals surface area contributed by atoms with E-state index in [4.69, 9.17) is 13.3 Å². The van der Waals surface area contributed by atoms with Crippen LogP contribution in [0.25, 0.3) is 0 Å². The Bertz CT molecular complexity index is 241. The van der Waals surface area contributed by atoms with Crippen molar-refractivity contribution < 1.29 is 13.3 Å². The molecule has 3 nitrogen and oxygen atoms in total. The monoisotopic (exact) mass is 306 g/mol. The summed E-state index contributed by atoms with van der Waals surface area (Å²) in [5.74, 6) is 0. The third-order valence-corrected chi connectivity index (χ3v) is 11.6. The SMILES string of the molecule is CCO[Si](C)(C)C(C)CC(C)[Si](C)(OCC)OCC. The summed E-state index contributed by atoms with van der Waals surface area (Å²) in [6.07, 6.45) is 1.14. The molecule has 116 valence electrons. The van der Waals surface area contributed by atoms with E-state index in [0.717, 1.165) is 26.2 Å². The highest BCUT2D eigenvalue weighted by Crippen LogP contribution is 2.37. The van der Waals surface area contributed by atoms with E-state index in [1.807, 2.05) is 0 Å². The fourth-order valence-corrected chi connectivity index (χ4v) is 7.21. The van der Waals surface area contributed by atoms with Gasteiger partial charge in [0, 0.05) is 19.8 Å². The molecule has 0 aliphatic heterocycles. The van der Waals surface area contributed by atoms with Gasteiger partial charge in [-0.15, -0.1) is 0 Å². The molecule has 0 saturated heterocycles. The molecular formula is C14H34O3Si2. The molecule has 0 saturated carbocycles. The summed E-state index contributed by atoms with van der Waals surface area (Å²) in [4.78, 5) is 0. The van der Waals surface area contributed by atoms with Gasteiger partial charge in [-0.1, -0.05) is 13.8 Å². The largest absolute Gasteiger partial charge is 0.417 e. The van der Waals surface area contributed by atoms with E-state index in [9.17, 15) is 0 Å². The average Bonchev–Trinajstić information content (AvgIpc) is 2.29. The molecule has 0 heterocycles. The molecule has 0 aliphatic rings. The molecule has 0 radical (unpaired) electrons. The molecule has 0 aromatic carbocycles. The van der Waals surface area contributed by atoms with Gasteiger partial charge in [-0.25, -0.2) is 0 Å².